The second kappa shape index (κ2) is 9.07. The molecule has 37 heavy (non-hydrogen) atoms. The number of sulfonamides is 1. The van der Waals surface area contributed by atoms with E-state index in [2.05, 4.69) is 20.9 Å². The number of hydrogen-bond acceptors (Lipinski definition) is 5. The molecule has 5 rings (SSSR count). The lowest BCUT2D eigenvalue weighted by molar-refractivity contribution is -0.0429. The van der Waals surface area contributed by atoms with E-state index in [1.54, 1.807) is 33.6 Å². The molecule has 2 heterocycles. The Balaban J connectivity index is 1.55. The Morgan fingerprint density at radius 1 is 1.24 bits per heavy atom. The molecule has 0 bridgehead atoms. The molecule has 0 spiro atoms. The number of nitrogens with zero attached hydrogens (tertiary/aromatic N) is 2. The molecule has 2 aromatic carbocycles. The standard InChI is InChI=1S/C23H17BrClF3N4O4S/c24-17-14-9-11(10-32-18(21(29)33)20(25)30-22(32)12-6-7-12)5-8-16(14)36-19(17)13-3-1-2-4-15(13)31-37(34,35)23(26,27)28/h1-5,8-9,12,31H,6-7,10H2,(H2,29,33). The molecule has 0 aliphatic heterocycles. The number of imidazole rings is 1. The van der Waals surface area contributed by atoms with Gasteiger partial charge in [-0.2, -0.15) is 21.6 Å². The minimum atomic E-state index is -5.64. The van der Waals surface area contributed by atoms with Gasteiger partial charge < -0.3 is 14.7 Å². The Labute approximate surface area is 221 Å². The van der Waals surface area contributed by atoms with Crippen LogP contribution in [-0.4, -0.2) is 29.4 Å². The summed E-state index contributed by atoms with van der Waals surface area (Å²) in [6.07, 6.45) is 1.86. The molecule has 2 aromatic heterocycles. The Hall–Kier alpha value is -3.03. The quantitative estimate of drug-likeness (QED) is 0.264. The highest BCUT2D eigenvalue weighted by atomic mass is 79.9. The number of aromatic nitrogens is 2. The molecule has 1 aliphatic carbocycles. The summed E-state index contributed by atoms with van der Waals surface area (Å²) in [5, 5.41) is 0.626. The summed E-state index contributed by atoms with van der Waals surface area (Å²) in [5.41, 5.74) is 1.13. The van der Waals surface area contributed by atoms with Gasteiger partial charge in [0.2, 0.25) is 0 Å². The zero-order valence-electron chi connectivity index (χ0n) is 18.6. The van der Waals surface area contributed by atoms with E-state index in [1.165, 1.54) is 18.2 Å². The third kappa shape index (κ3) is 4.71. The van der Waals surface area contributed by atoms with Crippen LogP contribution in [0.4, 0.5) is 18.9 Å². The Morgan fingerprint density at radius 2 is 1.95 bits per heavy atom. The zero-order chi connectivity index (χ0) is 26.7. The van der Waals surface area contributed by atoms with E-state index in [1.807, 2.05) is 0 Å². The van der Waals surface area contributed by atoms with Gasteiger partial charge in [-0.15, -0.1) is 0 Å². The minimum absolute atomic E-state index is 0.0418. The maximum atomic E-state index is 13.0. The van der Waals surface area contributed by atoms with E-state index in [9.17, 15) is 26.4 Å². The molecule has 1 aliphatic rings. The van der Waals surface area contributed by atoms with Gasteiger partial charge in [0.05, 0.1) is 10.2 Å². The van der Waals surface area contributed by atoms with Gasteiger partial charge in [-0.3, -0.25) is 9.52 Å². The highest BCUT2D eigenvalue weighted by molar-refractivity contribution is 9.10. The van der Waals surface area contributed by atoms with E-state index < -0.39 is 21.4 Å². The molecular weight excluding hydrogens is 601 g/mol. The molecule has 4 aromatic rings. The van der Waals surface area contributed by atoms with E-state index in [4.69, 9.17) is 21.8 Å². The van der Waals surface area contributed by atoms with E-state index in [0.29, 0.717) is 21.3 Å². The zero-order valence-corrected chi connectivity index (χ0v) is 21.8. The van der Waals surface area contributed by atoms with Gasteiger partial charge in [0.25, 0.3) is 5.91 Å². The highest BCUT2D eigenvalue weighted by Gasteiger charge is 2.46. The van der Waals surface area contributed by atoms with Gasteiger partial charge in [-0.1, -0.05) is 29.8 Å². The first kappa shape index (κ1) is 25.6. The van der Waals surface area contributed by atoms with Crippen LogP contribution in [0, 0.1) is 0 Å². The van der Waals surface area contributed by atoms with Crippen LogP contribution in [-0.2, 0) is 16.6 Å². The van der Waals surface area contributed by atoms with Crippen LogP contribution in [0.15, 0.2) is 51.4 Å². The maximum absolute atomic E-state index is 13.0. The van der Waals surface area contributed by atoms with Crippen molar-refractivity contribution < 1.29 is 30.8 Å². The van der Waals surface area contributed by atoms with Crippen LogP contribution in [0.3, 0.4) is 0 Å². The first-order chi connectivity index (χ1) is 17.4. The summed E-state index contributed by atoms with van der Waals surface area (Å²) >= 11 is 9.63. The fraction of sp³-hybridized carbons (Fsp3) is 0.217. The second-order valence-electron chi connectivity index (χ2n) is 8.51. The number of benzene rings is 2. The number of rotatable bonds is 7. The summed E-state index contributed by atoms with van der Waals surface area (Å²) in [7, 11) is -5.64. The first-order valence-electron chi connectivity index (χ1n) is 10.8. The lowest BCUT2D eigenvalue weighted by Crippen LogP contribution is -2.30. The predicted octanol–water partition coefficient (Wildman–Crippen LogP) is 6.00. The van der Waals surface area contributed by atoms with Gasteiger partial charge in [0.15, 0.2) is 10.9 Å². The molecule has 0 unspecified atom stereocenters. The summed E-state index contributed by atoms with van der Waals surface area (Å²) in [5.74, 6) is 0.306. The maximum Gasteiger partial charge on any atom is 0.516 e. The minimum Gasteiger partial charge on any atom is -0.455 e. The molecule has 14 heteroatoms. The number of anilines is 1. The molecule has 0 atom stereocenters. The van der Waals surface area contributed by atoms with Crippen molar-refractivity contribution in [2.24, 2.45) is 5.73 Å². The van der Waals surface area contributed by atoms with Crippen molar-refractivity contribution >= 4 is 60.1 Å². The normalized spacial score (nSPS) is 14.3. The monoisotopic (exact) mass is 616 g/mol. The van der Waals surface area contributed by atoms with Gasteiger partial charge in [-0.05, 0) is 58.6 Å². The summed E-state index contributed by atoms with van der Waals surface area (Å²) in [6.45, 7) is 0.245. The van der Waals surface area contributed by atoms with Crippen molar-refractivity contribution in [2.45, 2.75) is 30.8 Å². The molecule has 3 N–H and O–H groups in total. The van der Waals surface area contributed by atoms with Crippen molar-refractivity contribution in [3.63, 3.8) is 0 Å². The van der Waals surface area contributed by atoms with Crippen LogP contribution in [0.1, 0.15) is 40.6 Å². The van der Waals surface area contributed by atoms with Gasteiger partial charge in [0, 0.05) is 23.4 Å². The number of nitrogens with two attached hydrogens (primary N) is 1. The number of primary amides is 1. The Morgan fingerprint density at radius 3 is 2.59 bits per heavy atom. The Kier molecular flexibility index (Phi) is 6.28. The topological polar surface area (TPSA) is 120 Å². The van der Waals surface area contributed by atoms with Gasteiger partial charge in [-0.25, -0.2) is 4.98 Å². The largest absolute Gasteiger partial charge is 0.516 e. The predicted molar refractivity (Wildman–Crippen MR) is 135 cm³/mol. The lowest BCUT2D eigenvalue weighted by atomic mass is 10.1. The van der Waals surface area contributed by atoms with E-state index >= 15 is 0 Å². The van der Waals surface area contributed by atoms with E-state index in [0.717, 1.165) is 18.4 Å². The number of furan rings is 1. The van der Waals surface area contributed by atoms with Crippen molar-refractivity contribution in [3.8, 4) is 11.3 Å². The first-order valence-corrected chi connectivity index (χ1v) is 13.5. The second-order valence-corrected chi connectivity index (χ2v) is 11.3. The van der Waals surface area contributed by atoms with E-state index in [-0.39, 0.29) is 40.3 Å². The smallest absolute Gasteiger partial charge is 0.455 e. The number of para-hydroxylation sites is 1. The Bertz CT molecular complexity index is 1660. The number of nitrogens with one attached hydrogen (secondary N) is 1. The van der Waals surface area contributed by atoms with Gasteiger partial charge in [0.1, 0.15) is 17.1 Å². The average Bonchev–Trinajstić information content (AvgIpc) is 3.53. The molecule has 0 radical (unpaired) electrons. The number of carbonyl (C=O) groups excluding carboxylic acids is 1. The molecule has 0 saturated heterocycles. The van der Waals surface area contributed by atoms with Crippen molar-refractivity contribution in [1.82, 2.24) is 9.55 Å². The van der Waals surface area contributed by atoms with Crippen LogP contribution in [0.25, 0.3) is 22.3 Å². The van der Waals surface area contributed by atoms with Crippen LogP contribution < -0.4 is 10.5 Å². The molecule has 194 valence electrons. The third-order valence-corrected chi connectivity index (χ3v) is 8.03. The molecule has 1 fully saturated rings. The third-order valence-electron chi connectivity index (χ3n) is 5.88. The fourth-order valence-electron chi connectivity index (χ4n) is 4.03. The number of amides is 1. The van der Waals surface area contributed by atoms with Crippen molar-refractivity contribution in [1.29, 1.82) is 0 Å². The summed E-state index contributed by atoms with van der Waals surface area (Å²) < 4.78 is 71.9. The lowest BCUT2D eigenvalue weighted by Gasteiger charge is -2.13. The summed E-state index contributed by atoms with van der Waals surface area (Å²) in [6, 6.07) is 10.8. The van der Waals surface area contributed by atoms with Crippen molar-refractivity contribution in [3.05, 3.63) is 69.2 Å². The molecular formula is C23H17BrClF3N4O4S. The SMILES string of the molecule is NC(=O)c1c(Cl)nc(C2CC2)n1Cc1ccc2oc(-c3ccccc3NS(=O)(=O)C(F)(F)F)c(Br)c2c1. The molecule has 8 nitrogen and oxygen atoms in total. The van der Waals surface area contributed by atoms with Crippen LogP contribution in [0.5, 0.6) is 0 Å². The molecule has 1 saturated carbocycles. The molecule has 1 amide bonds. The van der Waals surface area contributed by atoms with Crippen LogP contribution >= 0.6 is 27.5 Å². The summed E-state index contributed by atoms with van der Waals surface area (Å²) in [4.78, 5) is 16.4. The average molecular weight is 618 g/mol. The van der Waals surface area contributed by atoms with Crippen molar-refractivity contribution in [2.75, 3.05) is 4.72 Å². The number of alkyl halides is 3. The highest BCUT2D eigenvalue weighted by Crippen LogP contribution is 2.43. The van der Waals surface area contributed by atoms with Crippen LogP contribution in [0.2, 0.25) is 5.15 Å². The number of hydrogen-bond donors (Lipinski definition) is 2. The number of halogens is 5. The fourth-order valence-corrected chi connectivity index (χ4v) is 5.50. The number of fused-ring (bicyclic) bond motifs is 1. The van der Waals surface area contributed by atoms with Gasteiger partial charge >= 0.3 is 15.5 Å². The number of carbonyl (C=O) groups is 1.